The molecule has 3 N–H and O–H groups in total. The van der Waals surface area contributed by atoms with E-state index in [2.05, 4.69) is 20.8 Å². The maximum absolute atomic E-state index is 13.6. The van der Waals surface area contributed by atoms with Gasteiger partial charge in [-0.15, -0.1) is 0 Å². The number of carbonyl (C=O) groups excluding carboxylic acids is 1. The smallest absolute Gasteiger partial charge is 0.272 e. The van der Waals surface area contributed by atoms with Crippen LogP contribution in [0.2, 0.25) is 10.0 Å². The SMILES string of the molecule is CC(NC(=O)c1n[nH]c2c1CNCC2)c1c(Cl)ccc(F)c1Cl. The Hall–Kier alpha value is -1.63. The van der Waals surface area contributed by atoms with Crippen molar-refractivity contribution >= 4 is 29.1 Å². The standard InChI is InChI=1S/C15H15Cl2FN4O/c1-7(12-9(16)2-3-10(18)13(12)17)20-15(23)14-8-6-19-5-4-11(8)21-22-14/h2-3,7,19H,4-6H2,1H3,(H,20,23)(H,21,22). The molecule has 3 rings (SSSR count). The molecule has 0 radical (unpaired) electrons. The van der Waals surface area contributed by atoms with Crippen LogP contribution < -0.4 is 10.6 Å². The highest BCUT2D eigenvalue weighted by atomic mass is 35.5. The Morgan fingerprint density at radius 3 is 3.00 bits per heavy atom. The highest BCUT2D eigenvalue weighted by Crippen LogP contribution is 2.32. The molecule has 8 heteroatoms. The van der Waals surface area contributed by atoms with Gasteiger partial charge in [0.25, 0.3) is 5.91 Å². The van der Waals surface area contributed by atoms with Crippen molar-refractivity contribution in [1.82, 2.24) is 20.8 Å². The number of hydrogen-bond donors (Lipinski definition) is 3. The normalized spacial score (nSPS) is 15.1. The second-order valence-corrected chi connectivity index (χ2v) is 6.19. The van der Waals surface area contributed by atoms with Crippen LogP contribution in [-0.4, -0.2) is 22.6 Å². The van der Waals surface area contributed by atoms with Crippen LogP contribution in [0.4, 0.5) is 4.39 Å². The summed E-state index contributed by atoms with van der Waals surface area (Å²) in [6.07, 6.45) is 0.798. The van der Waals surface area contributed by atoms with Crippen molar-refractivity contribution in [2.75, 3.05) is 6.54 Å². The molecular weight excluding hydrogens is 342 g/mol. The number of amides is 1. The van der Waals surface area contributed by atoms with Gasteiger partial charge >= 0.3 is 0 Å². The Morgan fingerprint density at radius 1 is 1.43 bits per heavy atom. The summed E-state index contributed by atoms with van der Waals surface area (Å²) in [6, 6.07) is 2.06. The van der Waals surface area contributed by atoms with Crippen molar-refractivity contribution < 1.29 is 9.18 Å². The lowest BCUT2D eigenvalue weighted by Gasteiger charge is -2.18. The molecule has 122 valence electrons. The molecule has 0 fully saturated rings. The van der Waals surface area contributed by atoms with E-state index in [4.69, 9.17) is 23.2 Å². The molecule has 1 aromatic carbocycles. The molecular formula is C15H15Cl2FN4O. The topological polar surface area (TPSA) is 69.8 Å². The third-order valence-electron chi connectivity index (χ3n) is 3.88. The molecule has 1 aromatic heterocycles. The Balaban J connectivity index is 1.83. The predicted molar refractivity (Wildman–Crippen MR) is 86.3 cm³/mol. The van der Waals surface area contributed by atoms with Gasteiger partial charge in [0.05, 0.1) is 11.1 Å². The summed E-state index contributed by atoms with van der Waals surface area (Å²) >= 11 is 12.1. The highest BCUT2D eigenvalue weighted by molar-refractivity contribution is 6.36. The summed E-state index contributed by atoms with van der Waals surface area (Å²) in [5, 5.41) is 13.2. The van der Waals surface area contributed by atoms with Crippen LogP contribution in [0.15, 0.2) is 12.1 Å². The minimum Gasteiger partial charge on any atom is -0.344 e. The fraction of sp³-hybridized carbons (Fsp3) is 0.333. The third-order valence-corrected chi connectivity index (χ3v) is 4.60. The zero-order valence-corrected chi connectivity index (χ0v) is 13.9. The minimum atomic E-state index is -0.575. The van der Waals surface area contributed by atoms with Crippen LogP contribution in [0.3, 0.4) is 0 Å². The van der Waals surface area contributed by atoms with E-state index in [0.29, 0.717) is 22.8 Å². The molecule has 1 aliphatic rings. The summed E-state index contributed by atoms with van der Waals surface area (Å²) < 4.78 is 13.6. The molecule has 0 bridgehead atoms. The first-order valence-corrected chi connectivity index (χ1v) is 7.95. The molecule has 2 aromatic rings. The molecule has 5 nitrogen and oxygen atoms in total. The van der Waals surface area contributed by atoms with E-state index in [1.165, 1.54) is 12.1 Å². The number of nitrogens with zero attached hydrogens (tertiary/aromatic N) is 1. The second kappa shape index (κ2) is 6.47. The first-order valence-electron chi connectivity index (χ1n) is 7.20. The van der Waals surface area contributed by atoms with Crippen molar-refractivity contribution in [3.8, 4) is 0 Å². The molecule has 1 unspecified atom stereocenters. The molecule has 23 heavy (non-hydrogen) atoms. The lowest BCUT2D eigenvalue weighted by molar-refractivity contribution is 0.0933. The van der Waals surface area contributed by atoms with Crippen molar-refractivity contribution in [2.45, 2.75) is 25.9 Å². The van der Waals surface area contributed by atoms with Gasteiger partial charge in [0.2, 0.25) is 0 Å². The average Bonchev–Trinajstić information content (AvgIpc) is 2.95. The van der Waals surface area contributed by atoms with E-state index in [0.717, 1.165) is 24.2 Å². The number of hydrogen-bond acceptors (Lipinski definition) is 3. The fourth-order valence-electron chi connectivity index (χ4n) is 2.69. The molecule has 0 saturated heterocycles. The number of halogens is 3. The number of carbonyl (C=O) groups is 1. The Morgan fingerprint density at radius 2 is 2.22 bits per heavy atom. The molecule has 1 aliphatic heterocycles. The maximum atomic E-state index is 13.6. The number of aromatic amines is 1. The predicted octanol–water partition coefficient (Wildman–Crippen LogP) is 2.99. The lowest BCUT2D eigenvalue weighted by atomic mass is 10.1. The van der Waals surface area contributed by atoms with Crippen molar-refractivity contribution in [2.24, 2.45) is 0 Å². The summed E-state index contributed by atoms with van der Waals surface area (Å²) in [7, 11) is 0. The summed E-state index contributed by atoms with van der Waals surface area (Å²) in [5.41, 5.74) is 2.51. The number of benzene rings is 1. The van der Waals surface area contributed by atoms with E-state index >= 15 is 0 Å². The fourth-order valence-corrected chi connectivity index (χ4v) is 3.39. The molecule has 0 aliphatic carbocycles. The number of fused-ring (bicyclic) bond motifs is 1. The van der Waals surface area contributed by atoms with Gasteiger partial charge in [0.15, 0.2) is 5.69 Å². The van der Waals surface area contributed by atoms with Crippen LogP contribution in [-0.2, 0) is 13.0 Å². The van der Waals surface area contributed by atoms with Gasteiger partial charge in [-0.2, -0.15) is 5.10 Å². The maximum Gasteiger partial charge on any atom is 0.272 e. The summed E-state index contributed by atoms with van der Waals surface area (Å²) in [5.74, 6) is -0.927. The molecule has 1 atom stereocenters. The van der Waals surface area contributed by atoms with E-state index in [-0.39, 0.29) is 10.9 Å². The number of aromatic nitrogens is 2. The Kier molecular flexibility index (Phi) is 4.57. The van der Waals surface area contributed by atoms with Crippen LogP contribution in [0.5, 0.6) is 0 Å². The third kappa shape index (κ3) is 3.06. The second-order valence-electron chi connectivity index (χ2n) is 5.41. The van der Waals surface area contributed by atoms with Gasteiger partial charge in [0.1, 0.15) is 5.82 Å². The number of nitrogens with one attached hydrogen (secondary N) is 3. The lowest BCUT2D eigenvalue weighted by Crippen LogP contribution is -2.30. The van der Waals surface area contributed by atoms with Crippen LogP contribution >= 0.6 is 23.2 Å². The molecule has 2 heterocycles. The Labute approximate surface area is 142 Å². The van der Waals surface area contributed by atoms with E-state index in [1.54, 1.807) is 6.92 Å². The quantitative estimate of drug-likeness (QED) is 0.740. The summed E-state index contributed by atoms with van der Waals surface area (Å²) in [6.45, 7) is 3.13. The van der Waals surface area contributed by atoms with Gasteiger partial charge in [-0.25, -0.2) is 4.39 Å². The van der Waals surface area contributed by atoms with E-state index < -0.39 is 11.9 Å². The van der Waals surface area contributed by atoms with Gasteiger partial charge in [-0.05, 0) is 19.1 Å². The average molecular weight is 357 g/mol. The summed E-state index contributed by atoms with van der Waals surface area (Å²) in [4.78, 5) is 12.5. The van der Waals surface area contributed by atoms with Crippen molar-refractivity contribution in [1.29, 1.82) is 0 Å². The van der Waals surface area contributed by atoms with Crippen LogP contribution in [0.1, 0.15) is 40.3 Å². The number of H-pyrrole nitrogens is 1. The zero-order valence-electron chi connectivity index (χ0n) is 12.3. The first-order chi connectivity index (χ1) is 11.0. The van der Waals surface area contributed by atoms with Crippen molar-refractivity contribution in [3.05, 3.63) is 50.5 Å². The minimum absolute atomic E-state index is 0.0870. The van der Waals surface area contributed by atoms with Gasteiger partial charge in [-0.1, -0.05) is 23.2 Å². The number of rotatable bonds is 3. The molecule has 0 saturated carbocycles. The highest BCUT2D eigenvalue weighted by Gasteiger charge is 2.24. The van der Waals surface area contributed by atoms with Gasteiger partial charge < -0.3 is 10.6 Å². The monoisotopic (exact) mass is 356 g/mol. The zero-order chi connectivity index (χ0) is 16.6. The largest absolute Gasteiger partial charge is 0.344 e. The van der Waals surface area contributed by atoms with Crippen LogP contribution in [0, 0.1) is 5.82 Å². The first kappa shape index (κ1) is 16.2. The van der Waals surface area contributed by atoms with Crippen LogP contribution in [0.25, 0.3) is 0 Å². The van der Waals surface area contributed by atoms with E-state index in [9.17, 15) is 9.18 Å². The van der Waals surface area contributed by atoms with Gasteiger partial charge in [-0.3, -0.25) is 9.89 Å². The molecule has 0 spiro atoms. The molecule has 1 amide bonds. The van der Waals surface area contributed by atoms with E-state index in [1.807, 2.05) is 0 Å². The van der Waals surface area contributed by atoms with Crippen molar-refractivity contribution in [3.63, 3.8) is 0 Å². The van der Waals surface area contributed by atoms with Gasteiger partial charge in [0, 0.05) is 41.4 Å². The Bertz CT molecular complexity index is 762.